The van der Waals surface area contributed by atoms with Crippen LogP contribution < -0.4 is 5.32 Å². The van der Waals surface area contributed by atoms with Crippen LogP contribution in [0.25, 0.3) is 10.4 Å². The lowest BCUT2D eigenvalue weighted by Gasteiger charge is -2.29. The quantitative estimate of drug-likeness (QED) is 0.586. The highest BCUT2D eigenvalue weighted by molar-refractivity contribution is 7.13. The van der Waals surface area contributed by atoms with Crippen LogP contribution in [0.5, 0.6) is 0 Å². The average molecular weight is 448 g/mol. The highest BCUT2D eigenvalue weighted by Crippen LogP contribution is 2.36. The van der Waals surface area contributed by atoms with E-state index < -0.39 is 5.41 Å². The van der Waals surface area contributed by atoms with E-state index in [1.54, 1.807) is 17.5 Å². The van der Waals surface area contributed by atoms with Crippen LogP contribution >= 0.6 is 11.3 Å². The zero-order chi connectivity index (χ0) is 22.6. The first-order chi connectivity index (χ1) is 15.4. The fourth-order valence-electron chi connectivity index (χ4n) is 4.30. The molecule has 0 saturated carbocycles. The van der Waals surface area contributed by atoms with Crippen LogP contribution in [0, 0.1) is 5.41 Å². The Hall–Kier alpha value is -2.99. The van der Waals surface area contributed by atoms with E-state index in [0.717, 1.165) is 11.3 Å². The number of nitrogens with one attached hydrogen (secondary N) is 1. The maximum Gasteiger partial charge on any atom is 0.228 e. The summed E-state index contributed by atoms with van der Waals surface area (Å²) in [5.74, 6) is 0.0546. The van der Waals surface area contributed by atoms with Gasteiger partial charge in [-0.1, -0.05) is 36.4 Å². The van der Waals surface area contributed by atoms with Gasteiger partial charge in [0, 0.05) is 35.9 Å². The molecule has 1 fully saturated rings. The lowest BCUT2D eigenvalue weighted by molar-refractivity contribution is -0.133. The molecule has 3 aromatic rings. The van der Waals surface area contributed by atoms with Crippen LogP contribution in [0.15, 0.2) is 66.2 Å². The van der Waals surface area contributed by atoms with Crippen molar-refractivity contribution in [1.82, 2.24) is 15.2 Å². The zero-order valence-electron chi connectivity index (χ0n) is 18.6. The second-order valence-corrected chi connectivity index (χ2v) is 9.77. The summed E-state index contributed by atoms with van der Waals surface area (Å²) >= 11 is 1.72. The summed E-state index contributed by atoms with van der Waals surface area (Å²) in [6, 6.07) is 18.3. The Kier molecular flexibility index (Phi) is 6.70. The maximum atomic E-state index is 13.3. The first-order valence-electron chi connectivity index (χ1n) is 11.1. The van der Waals surface area contributed by atoms with Gasteiger partial charge in [-0.25, -0.2) is 0 Å². The lowest BCUT2D eigenvalue weighted by atomic mass is 9.79. The van der Waals surface area contributed by atoms with E-state index in [4.69, 9.17) is 0 Å². The highest BCUT2D eigenvalue weighted by Gasteiger charge is 2.46. The SMILES string of the molecule is CC(C)NC(=O)C1(Cc2ccc(-c3cccs3)cc2)CCN(C(=O)Cc2ccccn2)C1. The second kappa shape index (κ2) is 9.65. The van der Waals surface area contributed by atoms with Crippen LogP contribution in [-0.2, 0) is 22.4 Å². The summed E-state index contributed by atoms with van der Waals surface area (Å²) in [5, 5.41) is 5.17. The summed E-state index contributed by atoms with van der Waals surface area (Å²) in [5.41, 5.74) is 2.44. The highest BCUT2D eigenvalue weighted by atomic mass is 32.1. The molecule has 1 aromatic carbocycles. The first-order valence-corrected chi connectivity index (χ1v) is 11.9. The van der Waals surface area contributed by atoms with Gasteiger partial charge in [0.05, 0.1) is 11.8 Å². The summed E-state index contributed by atoms with van der Waals surface area (Å²) < 4.78 is 0. The summed E-state index contributed by atoms with van der Waals surface area (Å²) in [7, 11) is 0. The minimum Gasteiger partial charge on any atom is -0.353 e. The van der Waals surface area contributed by atoms with E-state index in [1.807, 2.05) is 43.0 Å². The predicted molar refractivity (Wildman–Crippen MR) is 128 cm³/mol. The molecule has 1 aliphatic heterocycles. The van der Waals surface area contributed by atoms with Crippen LogP contribution in [0.4, 0.5) is 0 Å². The van der Waals surface area contributed by atoms with Crippen LogP contribution in [0.1, 0.15) is 31.5 Å². The van der Waals surface area contributed by atoms with E-state index in [1.165, 1.54) is 10.4 Å². The van der Waals surface area contributed by atoms with Crippen molar-refractivity contribution < 1.29 is 9.59 Å². The van der Waals surface area contributed by atoms with Crippen molar-refractivity contribution in [2.24, 2.45) is 5.41 Å². The van der Waals surface area contributed by atoms with Gasteiger partial charge in [0.25, 0.3) is 0 Å². The Morgan fingerprint density at radius 1 is 1.12 bits per heavy atom. The third-order valence-corrected chi connectivity index (χ3v) is 6.89. The molecular weight excluding hydrogens is 418 g/mol. The van der Waals surface area contributed by atoms with E-state index in [0.29, 0.717) is 25.9 Å². The van der Waals surface area contributed by atoms with Gasteiger partial charge in [0.2, 0.25) is 11.8 Å². The molecule has 1 atom stereocenters. The summed E-state index contributed by atoms with van der Waals surface area (Å²) in [6.45, 7) is 4.97. The number of amides is 2. The molecule has 0 aliphatic carbocycles. The molecule has 1 aliphatic rings. The van der Waals surface area contributed by atoms with Gasteiger partial charge in [-0.2, -0.15) is 0 Å². The molecule has 5 nitrogen and oxygen atoms in total. The number of likely N-dealkylation sites (tertiary alicyclic amines) is 1. The largest absolute Gasteiger partial charge is 0.353 e. The summed E-state index contributed by atoms with van der Waals surface area (Å²) in [4.78, 5) is 33.6. The third kappa shape index (κ3) is 5.07. The zero-order valence-corrected chi connectivity index (χ0v) is 19.4. The second-order valence-electron chi connectivity index (χ2n) is 8.82. The van der Waals surface area contributed by atoms with Crippen LogP contribution in [0.2, 0.25) is 0 Å². The van der Waals surface area contributed by atoms with Gasteiger partial charge in [0.15, 0.2) is 0 Å². The number of thiophene rings is 1. The Labute approximate surface area is 193 Å². The van der Waals surface area contributed by atoms with Gasteiger partial charge in [-0.15, -0.1) is 11.3 Å². The molecule has 4 rings (SSSR count). The van der Waals surface area contributed by atoms with E-state index in [9.17, 15) is 9.59 Å². The van der Waals surface area contributed by atoms with E-state index in [-0.39, 0.29) is 24.3 Å². The van der Waals surface area contributed by atoms with Crippen LogP contribution in [0.3, 0.4) is 0 Å². The number of nitrogens with zero attached hydrogens (tertiary/aromatic N) is 2. The van der Waals surface area contributed by atoms with Crippen molar-refractivity contribution in [3.8, 4) is 10.4 Å². The molecule has 6 heteroatoms. The third-order valence-electron chi connectivity index (χ3n) is 5.97. The number of hydrogen-bond donors (Lipinski definition) is 1. The molecule has 32 heavy (non-hydrogen) atoms. The fraction of sp³-hybridized carbons (Fsp3) is 0.346. The number of benzene rings is 1. The normalized spacial score (nSPS) is 18.2. The molecule has 166 valence electrons. The number of aromatic nitrogens is 1. The standard InChI is InChI=1S/C26H29N3O2S/c1-19(2)28-25(31)26(17-20-8-10-21(11-9-20)23-7-5-15-32-23)12-14-29(18-26)24(30)16-22-6-3-4-13-27-22/h3-11,13,15,19H,12,14,16-18H2,1-2H3,(H,28,31). The maximum absolute atomic E-state index is 13.3. The Bertz CT molecular complexity index is 1050. The average Bonchev–Trinajstić information content (AvgIpc) is 3.46. The first kappa shape index (κ1) is 22.2. The number of hydrogen-bond acceptors (Lipinski definition) is 4. The number of carbonyl (C=O) groups is 2. The number of carbonyl (C=O) groups excluding carboxylic acids is 2. The minimum absolute atomic E-state index is 0.0240. The molecule has 1 N–H and O–H groups in total. The molecular formula is C26H29N3O2S. The number of pyridine rings is 1. The molecule has 0 radical (unpaired) electrons. The Balaban J connectivity index is 1.51. The van der Waals surface area contributed by atoms with Crippen molar-refractivity contribution in [2.75, 3.05) is 13.1 Å². The van der Waals surface area contributed by atoms with Gasteiger partial charge < -0.3 is 10.2 Å². The van der Waals surface area contributed by atoms with Crippen molar-refractivity contribution in [1.29, 1.82) is 0 Å². The molecule has 2 aromatic heterocycles. The van der Waals surface area contributed by atoms with Gasteiger partial charge in [0.1, 0.15) is 0 Å². The predicted octanol–water partition coefficient (Wildman–Crippen LogP) is 4.34. The van der Waals surface area contributed by atoms with Gasteiger partial charge in [-0.05, 0) is 61.4 Å². The summed E-state index contributed by atoms with van der Waals surface area (Å²) in [6.07, 6.45) is 3.24. The number of rotatable bonds is 7. The molecule has 1 saturated heterocycles. The fourth-order valence-corrected chi connectivity index (χ4v) is 5.03. The van der Waals surface area contributed by atoms with Crippen molar-refractivity contribution in [3.05, 3.63) is 77.4 Å². The molecule has 0 bridgehead atoms. The van der Waals surface area contributed by atoms with Gasteiger partial charge in [-0.3, -0.25) is 14.6 Å². The Morgan fingerprint density at radius 2 is 1.94 bits per heavy atom. The van der Waals surface area contributed by atoms with Crippen molar-refractivity contribution >= 4 is 23.2 Å². The monoisotopic (exact) mass is 447 g/mol. The molecule has 0 spiro atoms. The molecule has 3 heterocycles. The van der Waals surface area contributed by atoms with Crippen molar-refractivity contribution in [3.63, 3.8) is 0 Å². The molecule has 2 amide bonds. The van der Waals surface area contributed by atoms with Crippen molar-refractivity contribution in [2.45, 2.75) is 39.2 Å². The Morgan fingerprint density at radius 3 is 2.59 bits per heavy atom. The van der Waals surface area contributed by atoms with Gasteiger partial charge >= 0.3 is 0 Å². The smallest absolute Gasteiger partial charge is 0.228 e. The van der Waals surface area contributed by atoms with E-state index in [2.05, 4.69) is 46.0 Å². The van der Waals surface area contributed by atoms with Crippen LogP contribution in [-0.4, -0.2) is 40.8 Å². The minimum atomic E-state index is -0.617. The van der Waals surface area contributed by atoms with E-state index >= 15 is 0 Å². The lowest BCUT2D eigenvalue weighted by Crippen LogP contribution is -2.47. The topological polar surface area (TPSA) is 62.3 Å². The molecule has 1 unspecified atom stereocenters.